The Morgan fingerprint density at radius 1 is 1.18 bits per heavy atom. The van der Waals surface area contributed by atoms with E-state index in [-0.39, 0.29) is 39.9 Å². The maximum atomic E-state index is 14.4. The monoisotopic (exact) mass is 482 g/mol. The van der Waals surface area contributed by atoms with Crippen LogP contribution in [0.2, 0.25) is 0 Å². The number of aromatic nitrogens is 4. The fourth-order valence-electron chi connectivity index (χ4n) is 3.21. The average molecular weight is 482 g/mol. The number of nitrogens with one attached hydrogen (secondary N) is 2. The number of hydrogen-bond acceptors (Lipinski definition) is 8. The number of anilines is 2. The summed E-state index contributed by atoms with van der Waals surface area (Å²) in [4.78, 5) is 33.2. The van der Waals surface area contributed by atoms with Gasteiger partial charge in [-0.3, -0.25) is 9.59 Å². The fourth-order valence-corrected chi connectivity index (χ4v) is 3.99. The van der Waals surface area contributed by atoms with Crippen LogP contribution in [0.1, 0.15) is 27.5 Å². The highest BCUT2D eigenvalue weighted by Crippen LogP contribution is 2.31. The van der Waals surface area contributed by atoms with Crippen molar-refractivity contribution >= 4 is 40.3 Å². The quantitative estimate of drug-likeness (QED) is 0.408. The summed E-state index contributed by atoms with van der Waals surface area (Å²) in [6.45, 7) is 1.74. The van der Waals surface area contributed by atoms with Crippen LogP contribution in [0, 0.1) is 18.7 Å². The molecular formula is C22H19FN6O4S. The Labute approximate surface area is 196 Å². The predicted octanol–water partition coefficient (Wildman–Crippen LogP) is 4.04. The fraction of sp³-hybridized carbons (Fsp3) is 0.227. The standard InChI is InChI=1S/C22H19FN6O4S/c1-11-24-22(32-2)19(34-11)21(31)25-15-9-13(5-6-14(15)23)33-18-8-7-17-26-16(10-29(17)28-18)27-20(30)12-3-4-12/h5-10,12H,3-4H2,1-2H3,(H,25,31)(H,27,30). The molecule has 2 amide bonds. The van der Waals surface area contributed by atoms with E-state index in [2.05, 4.69) is 25.7 Å². The van der Waals surface area contributed by atoms with Crippen LogP contribution in [0.15, 0.2) is 36.5 Å². The molecule has 3 heterocycles. The van der Waals surface area contributed by atoms with Crippen LogP contribution in [-0.2, 0) is 4.79 Å². The summed E-state index contributed by atoms with van der Waals surface area (Å²) in [5.74, 6) is -0.0996. The third-order valence-electron chi connectivity index (χ3n) is 5.01. The first kappa shape index (κ1) is 21.8. The van der Waals surface area contributed by atoms with Crippen molar-refractivity contribution in [1.82, 2.24) is 19.6 Å². The van der Waals surface area contributed by atoms with E-state index in [1.807, 2.05) is 0 Å². The van der Waals surface area contributed by atoms with Gasteiger partial charge in [0.25, 0.3) is 5.91 Å². The maximum absolute atomic E-state index is 14.4. The molecule has 34 heavy (non-hydrogen) atoms. The molecule has 0 radical (unpaired) electrons. The van der Waals surface area contributed by atoms with Crippen LogP contribution < -0.4 is 20.1 Å². The van der Waals surface area contributed by atoms with E-state index in [9.17, 15) is 14.0 Å². The van der Waals surface area contributed by atoms with Gasteiger partial charge in [-0.2, -0.15) is 0 Å². The molecule has 0 unspecified atom stereocenters. The smallest absolute Gasteiger partial charge is 0.271 e. The summed E-state index contributed by atoms with van der Waals surface area (Å²) >= 11 is 1.14. The van der Waals surface area contributed by atoms with Gasteiger partial charge in [-0.15, -0.1) is 16.4 Å². The van der Waals surface area contributed by atoms with Gasteiger partial charge in [-0.25, -0.2) is 18.9 Å². The minimum absolute atomic E-state index is 0.0492. The molecule has 1 aliphatic rings. The molecule has 174 valence electrons. The summed E-state index contributed by atoms with van der Waals surface area (Å²) in [5, 5.41) is 10.3. The molecule has 1 aliphatic carbocycles. The zero-order valence-electron chi connectivity index (χ0n) is 18.2. The molecule has 0 aliphatic heterocycles. The number of halogens is 1. The van der Waals surface area contributed by atoms with Crippen molar-refractivity contribution in [2.24, 2.45) is 5.92 Å². The van der Waals surface area contributed by atoms with E-state index in [0.29, 0.717) is 16.5 Å². The number of imidazole rings is 1. The van der Waals surface area contributed by atoms with E-state index >= 15 is 0 Å². The second kappa shape index (κ2) is 8.71. The SMILES string of the molecule is COc1nc(C)sc1C(=O)Nc1cc(Oc2ccc3nc(NC(=O)C4CC4)cn3n2)ccc1F. The van der Waals surface area contributed by atoms with Crippen LogP contribution >= 0.6 is 11.3 Å². The van der Waals surface area contributed by atoms with Gasteiger partial charge in [-0.05, 0) is 38.0 Å². The van der Waals surface area contributed by atoms with Crippen LogP contribution in [0.4, 0.5) is 15.9 Å². The van der Waals surface area contributed by atoms with Gasteiger partial charge in [0.1, 0.15) is 11.6 Å². The number of methoxy groups -OCH3 is 1. The third-order valence-corrected chi connectivity index (χ3v) is 5.96. The van der Waals surface area contributed by atoms with Crippen LogP contribution in [0.25, 0.3) is 5.65 Å². The van der Waals surface area contributed by atoms with Crippen molar-refractivity contribution < 1.29 is 23.5 Å². The van der Waals surface area contributed by atoms with Crippen LogP contribution in [-0.4, -0.2) is 38.5 Å². The Hall–Kier alpha value is -4.06. The molecule has 2 N–H and O–H groups in total. The number of aryl methyl sites for hydroxylation is 1. The number of ether oxygens (including phenoxy) is 2. The third kappa shape index (κ3) is 4.53. The van der Waals surface area contributed by atoms with E-state index in [4.69, 9.17) is 9.47 Å². The van der Waals surface area contributed by atoms with Gasteiger partial charge in [0.05, 0.1) is 24.0 Å². The number of rotatable bonds is 7. The first-order valence-corrected chi connectivity index (χ1v) is 11.2. The van der Waals surface area contributed by atoms with E-state index < -0.39 is 11.7 Å². The molecular weight excluding hydrogens is 463 g/mol. The van der Waals surface area contributed by atoms with Crippen LogP contribution in [0.5, 0.6) is 17.5 Å². The zero-order valence-corrected chi connectivity index (χ0v) is 19.0. The van der Waals surface area contributed by atoms with Crippen molar-refractivity contribution in [3.63, 3.8) is 0 Å². The number of benzene rings is 1. The van der Waals surface area contributed by atoms with Crippen molar-refractivity contribution in [1.29, 1.82) is 0 Å². The molecule has 0 atom stereocenters. The van der Waals surface area contributed by atoms with Crippen LogP contribution in [0.3, 0.4) is 0 Å². The Balaban J connectivity index is 1.32. The normalized spacial score (nSPS) is 13.0. The maximum Gasteiger partial charge on any atom is 0.271 e. The van der Waals surface area contributed by atoms with Crippen molar-refractivity contribution in [2.45, 2.75) is 19.8 Å². The predicted molar refractivity (Wildman–Crippen MR) is 122 cm³/mol. The van der Waals surface area contributed by atoms with Gasteiger partial charge >= 0.3 is 0 Å². The lowest BCUT2D eigenvalue weighted by molar-refractivity contribution is -0.117. The van der Waals surface area contributed by atoms with Crippen molar-refractivity contribution in [2.75, 3.05) is 17.7 Å². The number of fused-ring (bicyclic) bond motifs is 1. The van der Waals surface area contributed by atoms with E-state index in [1.165, 1.54) is 29.8 Å². The molecule has 3 aromatic heterocycles. The first-order chi connectivity index (χ1) is 16.4. The van der Waals surface area contributed by atoms with Gasteiger partial charge in [0.15, 0.2) is 16.3 Å². The Morgan fingerprint density at radius 3 is 2.76 bits per heavy atom. The van der Waals surface area contributed by atoms with Gasteiger partial charge in [0.2, 0.25) is 17.7 Å². The van der Waals surface area contributed by atoms with Crippen molar-refractivity contribution in [3.8, 4) is 17.5 Å². The summed E-state index contributed by atoms with van der Waals surface area (Å²) in [7, 11) is 1.41. The molecule has 0 bridgehead atoms. The average Bonchev–Trinajstić information content (AvgIpc) is 3.48. The topological polar surface area (TPSA) is 120 Å². The van der Waals surface area contributed by atoms with Gasteiger partial charge < -0.3 is 20.1 Å². The largest absolute Gasteiger partial charge is 0.480 e. The second-order valence-electron chi connectivity index (χ2n) is 7.63. The minimum atomic E-state index is -0.630. The molecule has 4 aromatic rings. The molecule has 1 saturated carbocycles. The summed E-state index contributed by atoms with van der Waals surface area (Å²) in [5.41, 5.74) is 0.462. The number of hydrogen-bond donors (Lipinski definition) is 2. The highest BCUT2D eigenvalue weighted by Gasteiger charge is 2.30. The summed E-state index contributed by atoms with van der Waals surface area (Å²) in [6.07, 6.45) is 3.38. The number of amides is 2. The molecule has 1 aromatic carbocycles. The Morgan fingerprint density at radius 2 is 2.00 bits per heavy atom. The molecule has 0 spiro atoms. The minimum Gasteiger partial charge on any atom is -0.480 e. The lowest BCUT2D eigenvalue weighted by atomic mass is 10.2. The zero-order chi connectivity index (χ0) is 23.8. The lowest BCUT2D eigenvalue weighted by Crippen LogP contribution is -2.13. The second-order valence-corrected chi connectivity index (χ2v) is 8.84. The molecule has 5 rings (SSSR count). The highest BCUT2D eigenvalue weighted by molar-refractivity contribution is 7.14. The van der Waals surface area contributed by atoms with E-state index in [1.54, 1.807) is 25.3 Å². The van der Waals surface area contributed by atoms with Gasteiger partial charge in [-0.1, -0.05) is 0 Å². The van der Waals surface area contributed by atoms with Crippen molar-refractivity contribution in [3.05, 3.63) is 52.2 Å². The number of nitrogens with zero attached hydrogens (tertiary/aromatic N) is 4. The number of thiazole rings is 1. The molecule has 1 fully saturated rings. The molecule has 10 nitrogen and oxygen atoms in total. The Bertz CT molecular complexity index is 1410. The lowest BCUT2D eigenvalue weighted by Gasteiger charge is -2.09. The van der Waals surface area contributed by atoms with Gasteiger partial charge in [0, 0.05) is 18.1 Å². The molecule has 0 saturated heterocycles. The summed E-state index contributed by atoms with van der Waals surface area (Å²) in [6, 6.07) is 7.24. The highest BCUT2D eigenvalue weighted by atomic mass is 32.1. The summed E-state index contributed by atoms with van der Waals surface area (Å²) < 4.78 is 26.7. The Kier molecular flexibility index (Phi) is 5.57. The molecule has 12 heteroatoms. The van der Waals surface area contributed by atoms with E-state index in [0.717, 1.165) is 24.2 Å². The first-order valence-electron chi connectivity index (χ1n) is 10.4. The number of carbonyl (C=O) groups excluding carboxylic acids is 2. The number of carbonyl (C=O) groups is 2.